The number of hydrogen-bond donors (Lipinski definition) is 1. The summed E-state index contributed by atoms with van der Waals surface area (Å²) < 4.78 is 23.4. The van der Waals surface area contributed by atoms with E-state index in [-0.39, 0.29) is 17.6 Å². The Labute approximate surface area is 136 Å². The summed E-state index contributed by atoms with van der Waals surface area (Å²) in [5.41, 5.74) is 0.247. The maximum absolute atomic E-state index is 13.0. The van der Waals surface area contributed by atoms with Crippen molar-refractivity contribution in [3.63, 3.8) is 0 Å². The number of nitrogens with one attached hydrogen (secondary N) is 1. The molecule has 0 unspecified atom stereocenters. The first-order chi connectivity index (χ1) is 11.3. The smallest absolute Gasteiger partial charge is 0.280 e. The summed E-state index contributed by atoms with van der Waals surface area (Å²) in [7, 11) is 0. The first kappa shape index (κ1) is 15.9. The topological polar surface area (TPSA) is 94.1 Å². The molecular formula is C16H15FN4O3. The van der Waals surface area contributed by atoms with E-state index < -0.39 is 5.54 Å². The van der Waals surface area contributed by atoms with Crippen molar-refractivity contribution in [1.29, 1.82) is 0 Å². The molecule has 3 aromatic rings. The number of benzene rings is 1. The molecule has 124 valence electrons. The number of aromatic nitrogens is 3. The molecule has 0 saturated carbocycles. The second-order valence-corrected chi connectivity index (χ2v) is 5.81. The molecule has 3 rings (SSSR count). The van der Waals surface area contributed by atoms with Gasteiger partial charge in [-0.15, -0.1) is 0 Å². The second kappa shape index (κ2) is 5.88. The highest BCUT2D eigenvalue weighted by atomic mass is 19.1. The second-order valence-electron chi connectivity index (χ2n) is 5.81. The average Bonchev–Trinajstić information content (AvgIpc) is 3.16. The Balaban J connectivity index is 1.86. The largest absolute Gasteiger partial charge is 0.355 e. The highest BCUT2D eigenvalue weighted by Gasteiger charge is 2.28. The molecule has 1 amide bonds. The number of amides is 1. The molecule has 0 radical (unpaired) electrons. The molecule has 0 saturated heterocycles. The van der Waals surface area contributed by atoms with Gasteiger partial charge in [0.15, 0.2) is 17.3 Å². The van der Waals surface area contributed by atoms with Crippen LogP contribution in [0, 0.1) is 5.82 Å². The Morgan fingerprint density at radius 2 is 1.88 bits per heavy atom. The summed E-state index contributed by atoms with van der Waals surface area (Å²) in [5.74, 6) is 0.400. The van der Waals surface area contributed by atoms with Crippen molar-refractivity contribution in [2.75, 3.05) is 0 Å². The molecule has 0 spiro atoms. The lowest BCUT2D eigenvalue weighted by Crippen LogP contribution is -2.40. The molecule has 2 heterocycles. The van der Waals surface area contributed by atoms with E-state index in [9.17, 15) is 9.18 Å². The van der Waals surface area contributed by atoms with Crippen LogP contribution in [-0.4, -0.2) is 21.2 Å². The van der Waals surface area contributed by atoms with Gasteiger partial charge in [0.2, 0.25) is 5.91 Å². The van der Waals surface area contributed by atoms with Crippen LogP contribution in [0.4, 0.5) is 4.39 Å². The minimum absolute atomic E-state index is 0.167. The normalized spacial score (nSPS) is 11.5. The third kappa shape index (κ3) is 3.17. The van der Waals surface area contributed by atoms with Crippen molar-refractivity contribution < 1.29 is 18.2 Å². The molecule has 0 bridgehead atoms. The lowest BCUT2D eigenvalue weighted by atomic mass is 10.1. The van der Waals surface area contributed by atoms with E-state index in [1.807, 2.05) is 0 Å². The first-order valence-corrected chi connectivity index (χ1v) is 7.21. The molecule has 8 heteroatoms. The Morgan fingerprint density at radius 1 is 1.17 bits per heavy atom. The summed E-state index contributed by atoms with van der Waals surface area (Å²) >= 11 is 0. The third-order valence-corrected chi connectivity index (χ3v) is 3.33. The number of hydrogen-bond acceptors (Lipinski definition) is 6. The van der Waals surface area contributed by atoms with Crippen molar-refractivity contribution in [1.82, 2.24) is 20.6 Å². The minimum atomic E-state index is -0.781. The fraction of sp³-hybridized carbons (Fsp3) is 0.250. The van der Waals surface area contributed by atoms with Crippen LogP contribution in [0.2, 0.25) is 0 Å². The summed E-state index contributed by atoms with van der Waals surface area (Å²) in [6.45, 7) is 4.93. The Kier molecular flexibility index (Phi) is 3.88. The quantitative estimate of drug-likeness (QED) is 0.790. The van der Waals surface area contributed by atoms with Crippen LogP contribution >= 0.6 is 0 Å². The predicted octanol–water partition coefficient (Wildman–Crippen LogP) is 2.90. The van der Waals surface area contributed by atoms with E-state index >= 15 is 0 Å². The molecule has 24 heavy (non-hydrogen) atoms. The lowest BCUT2D eigenvalue weighted by Gasteiger charge is -2.20. The van der Waals surface area contributed by atoms with E-state index in [4.69, 9.17) is 9.05 Å². The van der Waals surface area contributed by atoms with Crippen LogP contribution in [0.5, 0.6) is 0 Å². The van der Waals surface area contributed by atoms with E-state index in [1.54, 1.807) is 32.0 Å². The number of carbonyl (C=O) groups excluding carboxylic acids is 1. The number of carbonyl (C=O) groups is 1. The molecule has 0 atom stereocenters. The molecule has 0 aliphatic heterocycles. The van der Waals surface area contributed by atoms with Gasteiger partial charge < -0.3 is 14.4 Å². The van der Waals surface area contributed by atoms with E-state index in [1.165, 1.54) is 19.1 Å². The van der Waals surface area contributed by atoms with Gasteiger partial charge in [-0.3, -0.25) is 4.79 Å². The summed E-state index contributed by atoms with van der Waals surface area (Å²) in [6.07, 6.45) is 0. The highest BCUT2D eigenvalue weighted by Crippen LogP contribution is 2.26. The van der Waals surface area contributed by atoms with Crippen LogP contribution < -0.4 is 5.32 Å². The summed E-state index contributed by atoms with van der Waals surface area (Å²) in [6, 6.07) is 7.45. The molecule has 7 nitrogen and oxygen atoms in total. The molecule has 1 N–H and O–H groups in total. The summed E-state index contributed by atoms with van der Waals surface area (Å²) in [4.78, 5) is 15.5. The van der Waals surface area contributed by atoms with E-state index in [0.29, 0.717) is 22.8 Å². The van der Waals surface area contributed by atoms with Crippen LogP contribution in [0.3, 0.4) is 0 Å². The van der Waals surface area contributed by atoms with Gasteiger partial charge >= 0.3 is 0 Å². The molecule has 1 aromatic carbocycles. The van der Waals surface area contributed by atoms with Crippen molar-refractivity contribution in [2.45, 2.75) is 26.3 Å². The Morgan fingerprint density at radius 3 is 2.54 bits per heavy atom. The summed E-state index contributed by atoms with van der Waals surface area (Å²) in [5, 5.41) is 10.5. The van der Waals surface area contributed by atoms with Gasteiger partial charge in [-0.1, -0.05) is 10.3 Å². The average molecular weight is 330 g/mol. The SMILES string of the molecule is CC(=O)NC(C)(C)c1noc(-c2cc(-c3ccc(F)cc3)on2)n1. The molecule has 0 fully saturated rings. The van der Waals surface area contributed by atoms with Crippen molar-refractivity contribution >= 4 is 5.91 Å². The van der Waals surface area contributed by atoms with Gasteiger partial charge in [0.05, 0.1) is 5.54 Å². The zero-order valence-corrected chi connectivity index (χ0v) is 13.3. The van der Waals surface area contributed by atoms with Gasteiger partial charge in [0.1, 0.15) is 5.82 Å². The predicted molar refractivity (Wildman–Crippen MR) is 82.0 cm³/mol. The first-order valence-electron chi connectivity index (χ1n) is 7.21. The zero-order valence-electron chi connectivity index (χ0n) is 13.3. The van der Waals surface area contributed by atoms with Crippen LogP contribution in [-0.2, 0) is 10.3 Å². The fourth-order valence-corrected chi connectivity index (χ4v) is 2.20. The maximum Gasteiger partial charge on any atom is 0.280 e. The monoisotopic (exact) mass is 330 g/mol. The Hall–Kier alpha value is -3.03. The van der Waals surface area contributed by atoms with Gasteiger partial charge in [-0.2, -0.15) is 4.98 Å². The minimum Gasteiger partial charge on any atom is -0.355 e. The van der Waals surface area contributed by atoms with Crippen molar-refractivity contribution in [3.8, 4) is 22.9 Å². The van der Waals surface area contributed by atoms with Gasteiger partial charge in [0.25, 0.3) is 5.89 Å². The van der Waals surface area contributed by atoms with Crippen molar-refractivity contribution in [2.24, 2.45) is 0 Å². The lowest BCUT2D eigenvalue weighted by molar-refractivity contribution is -0.120. The van der Waals surface area contributed by atoms with Gasteiger partial charge in [0, 0.05) is 18.6 Å². The third-order valence-electron chi connectivity index (χ3n) is 3.33. The van der Waals surface area contributed by atoms with E-state index in [2.05, 4.69) is 20.6 Å². The van der Waals surface area contributed by atoms with Gasteiger partial charge in [-0.25, -0.2) is 4.39 Å². The highest BCUT2D eigenvalue weighted by molar-refractivity contribution is 5.73. The van der Waals surface area contributed by atoms with Crippen molar-refractivity contribution in [3.05, 3.63) is 42.0 Å². The number of nitrogens with zero attached hydrogens (tertiary/aromatic N) is 3. The molecular weight excluding hydrogens is 315 g/mol. The molecule has 2 aromatic heterocycles. The zero-order chi connectivity index (χ0) is 17.3. The molecule has 0 aliphatic carbocycles. The molecule has 0 aliphatic rings. The number of halogens is 1. The standard InChI is InChI=1S/C16H15FN4O3/c1-9(22)19-16(2,3)15-18-14(24-21-15)12-8-13(23-20-12)10-4-6-11(17)7-5-10/h4-8H,1-3H3,(H,19,22). The van der Waals surface area contributed by atoms with Crippen LogP contribution in [0.1, 0.15) is 26.6 Å². The number of rotatable bonds is 4. The maximum atomic E-state index is 13.0. The Bertz CT molecular complexity index is 868. The van der Waals surface area contributed by atoms with Crippen LogP contribution in [0.15, 0.2) is 39.4 Å². The van der Waals surface area contributed by atoms with Gasteiger partial charge in [-0.05, 0) is 38.1 Å². The van der Waals surface area contributed by atoms with E-state index in [0.717, 1.165) is 0 Å². The fourth-order valence-electron chi connectivity index (χ4n) is 2.20. The van der Waals surface area contributed by atoms with Crippen LogP contribution in [0.25, 0.3) is 22.9 Å².